The van der Waals surface area contributed by atoms with Crippen LogP contribution in [0.5, 0.6) is 5.75 Å². The third kappa shape index (κ3) is 4.91. The molecule has 1 amide bonds. The number of rotatable bonds is 7. The van der Waals surface area contributed by atoms with Gasteiger partial charge >= 0.3 is 0 Å². The Hall–Kier alpha value is -3.40. The molecule has 0 saturated carbocycles. The Morgan fingerprint density at radius 3 is 2.41 bits per heavy atom. The van der Waals surface area contributed by atoms with Crippen molar-refractivity contribution in [3.63, 3.8) is 0 Å². The number of benzene rings is 2. The third-order valence-electron chi connectivity index (χ3n) is 3.78. The van der Waals surface area contributed by atoms with E-state index in [1.165, 1.54) is 19.1 Å². The molecule has 10 heteroatoms. The van der Waals surface area contributed by atoms with Crippen LogP contribution < -0.4 is 14.8 Å². The molecule has 3 aromatic rings. The molecule has 0 bridgehead atoms. The predicted octanol–water partition coefficient (Wildman–Crippen LogP) is 3.20. The van der Waals surface area contributed by atoms with E-state index in [1.54, 1.807) is 37.3 Å². The van der Waals surface area contributed by atoms with Crippen molar-refractivity contribution >= 4 is 27.3 Å². The van der Waals surface area contributed by atoms with Crippen molar-refractivity contribution in [1.82, 2.24) is 10.1 Å². The van der Waals surface area contributed by atoms with Crippen molar-refractivity contribution < 1.29 is 22.5 Å². The highest BCUT2D eigenvalue weighted by molar-refractivity contribution is 7.92. The monoisotopic (exact) mass is 416 g/mol. The van der Waals surface area contributed by atoms with E-state index in [0.717, 1.165) is 0 Å². The maximum atomic E-state index is 12.8. The fraction of sp³-hybridized carbons (Fsp3) is 0.211. The van der Waals surface area contributed by atoms with Crippen LogP contribution in [0.1, 0.15) is 19.7 Å². The van der Waals surface area contributed by atoms with E-state index in [4.69, 9.17) is 9.26 Å². The first-order valence-electron chi connectivity index (χ1n) is 8.76. The van der Waals surface area contributed by atoms with Crippen LogP contribution in [-0.2, 0) is 14.8 Å². The second-order valence-electron chi connectivity index (χ2n) is 6.10. The summed E-state index contributed by atoms with van der Waals surface area (Å²) in [5, 5.41) is 6.36. The Labute approximate surface area is 168 Å². The molecule has 0 saturated heterocycles. The Balaban J connectivity index is 1.91. The number of nitrogens with one attached hydrogen (secondary N) is 2. The number of anilines is 2. The fourth-order valence-corrected chi connectivity index (χ4v) is 3.65. The average Bonchev–Trinajstić information content (AvgIpc) is 3.09. The van der Waals surface area contributed by atoms with E-state index in [2.05, 4.69) is 20.2 Å². The first kappa shape index (κ1) is 20.3. The lowest BCUT2D eigenvalue weighted by molar-refractivity contribution is -0.114. The SMILES string of the molecule is CCOc1ccc(S(=O)(=O)Nc2ccc(NC(C)=O)cc2)cc1-c1nc(C)no1. The molecule has 0 aliphatic rings. The molecule has 0 spiro atoms. The van der Waals surface area contributed by atoms with Gasteiger partial charge in [-0.15, -0.1) is 0 Å². The topological polar surface area (TPSA) is 123 Å². The number of hydrogen-bond donors (Lipinski definition) is 2. The van der Waals surface area contributed by atoms with Crippen molar-refractivity contribution in [3.05, 3.63) is 48.3 Å². The predicted molar refractivity (Wildman–Crippen MR) is 107 cm³/mol. The van der Waals surface area contributed by atoms with Crippen molar-refractivity contribution in [2.45, 2.75) is 25.7 Å². The summed E-state index contributed by atoms with van der Waals surface area (Å²) in [5.74, 6) is 0.821. The summed E-state index contributed by atoms with van der Waals surface area (Å²) in [5.41, 5.74) is 1.30. The zero-order valence-corrected chi connectivity index (χ0v) is 16.9. The number of carbonyl (C=O) groups excluding carboxylic acids is 1. The van der Waals surface area contributed by atoms with Gasteiger partial charge in [-0.25, -0.2) is 8.42 Å². The lowest BCUT2D eigenvalue weighted by Gasteiger charge is -2.12. The van der Waals surface area contributed by atoms with Gasteiger partial charge in [-0.3, -0.25) is 9.52 Å². The molecule has 0 radical (unpaired) electrons. The summed E-state index contributed by atoms with van der Waals surface area (Å²) in [6.45, 7) is 5.27. The van der Waals surface area contributed by atoms with E-state index in [9.17, 15) is 13.2 Å². The van der Waals surface area contributed by atoms with E-state index in [-0.39, 0.29) is 16.7 Å². The van der Waals surface area contributed by atoms with Crippen molar-refractivity contribution in [2.24, 2.45) is 0 Å². The van der Waals surface area contributed by atoms with Gasteiger partial charge in [-0.1, -0.05) is 5.16 Å². The van der Waals surface area contributed by atoms with Crippen LogP contribution >= 0.6 is 0 Å². The fourth-order valence-electron chi connectivity index (χ4n) is 2.57. The van der Waals surface area contributed by atoms with Crippen LogP contribution in [0.25, 0.3) is 11.5 Å². The van der Waals surface area contributed by atoms with E-state index in [0.29, 0.717) is 35.1 Å². The Morgan fingerprint density at radius 1 is 1.14 bits per heavy atom. The van der Waals surface area contributed by atoms with Crippen LogP contribution in [-0.4, -0.2) is 31.1 Å². The lowest BCUT2D eigenvalue weighted by atomic mass is 10.2. The van der Waals surface area contributed by atoms with Crippen molar-refractivity contribution in [2.75, 3.05) is 16.6 Å². The van der Waals surface area contributed by atoms with E-state index in [1.807, 2.05) is 6.92 Å². The third-order valence-corrected chi connectivity index (χ3v) is 5.16. The molecular formula is C19H20N4O5S. The van der Waals surface area contributed by atoms with Crippen LogP contribution in [0.2, 0.25) is 0 Å². The molecule has 29 heavy (non-hydrogen) atoms. The number of sulfonamides is 1. The molecule has 0 aliphatic carbocycles. The average molecular weight is 416 g/mol. The summed E-state index contributed by atoms with van der Waals surface area (Å²) >= 11 is 0. The summed E-state index contributed by atoms with van der Waals surface area (Å²) < 4.78 is 38.9. The molecule has 3 rings (SSSR count). The second kappa shape index (κ2) is 8.31. The molecule has 0 fully saturated rings. The number of ether oxygens (including phenoxy) is 1. The molecular weight excluding hydrogens is 396 g/mol. The Bertz CT molecular complexity index is 1120. The molecule has 0 unspecified atom stereocenters. The minimum atomic E-state index is -3.89. The van der Waals surface area contributed by atoms with Gasteiger partial charge in [0.25, 0.3) is 15.9 Å². The van der Waals surface area contributed by atoms with Gasteiger partial charge in [0.05, 0.1) is 17.1 Å². The van der Waals surface area contributed by atoms with Gasteiger partial charge in [-0.2, -0.15) is 4.98 Å². The van der Waals surface area contributed by atoms with E-state index < -0.39 is 10.0 Å². The molecule has 2 N–H and O–H groups in total. The zero-order valence-electron chi connectivity index (χ0n) is 16.1. The summed E-state index contributed by atoms with van der Waals surface area (Å²) in [6, 6.07) is 10.7. The second-order valence-corrected chi connectivity index (χ2v) is 7.78. The first-order chi connectivity index (χ1) is 13.8. The highest BCUT2D eigenvalue weighted by atomic mass is 32.2. The minimum Gasteiger partial charge on any atom is -0.493 e. The van der Waals surface area contributed by atoms with Crippen LogP contribution in [0, 0.1) is 6.92 Å². The van der Waals surface area contributed by atoms with Crippen LogP contribution in [0.3, 0.4) is 0 Å². The van der Waals surface area contributed by atoms with Crippen molar-refractivity contribution in [3.8, 4) is 17.2 Å². The quantitative estimate of drug-likeness (QED) is 0.606. The van der Waals surface area contributed by atoms with Gasteiger partial charge in [0.1, 0.15) is 5.75 Å². The van der Waals surface area contributed by atoms with Crippen LogP contribution in [0.15, 0.2) is 51.9 Å². The number of nitrogens with zero attached hydrogens (tertiary/aromatic N) is 2. The summed E-state index contributed by atoms with van der Waals surface area (Å²) in [6.07, 6.45) is 0. The number of carbonyl (C=O) groups is 1. The number of hydrogen-bond acceptors (Lipinski definition) is 7. The summed E-state index contributed by atoms with van der Waals surface area (Å²) in [7, 11) is -3.89. The molecule has 9 nitrogen and oxygen atoms in total. The van der Waals surface area contributed by atoms with Gasteiger partial charge < -0.3 is 14.6 Å². The molecule has 2 aromatic carbocycles. The molecule has 0 atom stereocenters. The number of amides is 1. The minimum absolute atomic E-state index is 0.0118. The summed E-state index contributed by atoms with van der Waals surface area (Å²) in [4.78, 5) is 15.3. The normalized spacial score (nSPS) is 11.1. The highest BCUT2D eigenvalue weighted by Gasteiger charge is 2.20. The number of aryl methyl sites for hydroxylation is 1. The smallest absolute Gasteiger partial charge is 0.261 e. The lowest BCUT2D eigenvalue weighted by Crippen LogP contribution is -2.13. The Kier molecular flexibility index (Phi) is 5.83. The van der Waals surface area contributed by atoms with Gasteiger partial charge in [-0.05, 0) is 56.3 Å². The Morgan fingerprint density at radius 2 is 1.83 bits per heavy atom. The zero-order chi connectivity index (χ0) is 21.0. The standard InChI is InChI=1S/C19H20N4O5S/c1-4-27-18-10-9-16(11-17(18)19-20-12(2)22-28-19)29(25,26)23-15-7-5-14(6-8-15)21-13(3)24/h5-11,23H,4H2,1-3H3,(H,21,24). The van der Waals surface area contributed by atoms with Gasteiger partial charge in [0.2, 0.25) is 5.91 Å². The maximum absolute atomic E-state index is 12.8. The molecule has 0 aliphatic heterocycles. The van der Waals surface area contributed by atoms with Gasteiger partial charge in [0, 0.05) is 18.3 Å². The number of aromatic nitrogens is 2. The maximum Gasteiger partial charge on any atom is 0.261 e. The van der Waals surface area contributed by atoms with Crippen molar-refractivity contribution in [1.29, 1.82) is 0 Å². The van der Waals surface area contributed by atoms with E-state index >= 15 is 0 Å². The van der Waals surface area contributed by atoms with Gasteiger partial charge in [0.15, 0.2) is 5.82 Å². The first-order valence-corrected chi connectivity index (χ1v) is 10.2. The largest absolute Gasteiger partial charge is 0.493 e. The molecule has 1 aromatic heterocycles. The van der Waals surface area contributed by atoms with Crippen LogP contribution in [0.4, 0.5) is 11.4 Å². The molecule has 152 valence electrons. The molecule has 1 heterocycles. The highest BCUT2D eigenvalue weighted by Crippen LogP contribution is 2.32.